The highest BCUT2D eigenvalue weighted by atomic mass is 32.2. The second-order valence-corrected chi connectivity index (χ2v) is 17.6. The van der Waals surface area contributed by atoms with Gasteiger partial charge in [-0.15, -0.1) is 0 Å². The number of carbonyl (C=O) groups excluding carboxylic acids is 2. The van der Waals surface area contributed by atoms with Crippen molar-refractivity contribution in [2.24, 2.45) is 0 Å². The molecule has 0 aromatic rings. The number of aliphatic hydroxyl groups excluding tert-OH is 3. The van der Waals surface area contributed by atoms with E-state index in [1.807, 2.05) is 12.2 Å². The average molecular weight is 871 g/mol. The third-order valence-corrected chi connectivity index (χ3v) is 11.1. The quantitative estimate of drug-likeness (QED) is 0.0200. The zero-order valence-corrected chi connectivity index (χ0v) is 37.9. The highest BCUT2D eigenvalue weighted by Crippen LogP contribution is 2.24. The van der Waals surface area contributed by atoms with E-state index in [4.69, 9.17) is 18.9 Å². The zero-order chi connectivity index (χ0) is 44.1. The molecule has 1 aliphatic heterocycles. The number of hydrogen-bond donors (Lipinski definition) is 4. The molecule has 0 amide bonds. The van der Waals surface area contributed by atoms with Crippen molar-refractivity contribution < 1.29 is 56.8 Å². The predicted molar refractivity (Wildman–Crippen MR) is 238 cm³/mol. The number of aliphatic hydroxyl groups is 3. The summed E-state index contributed by atoms with van der Waals surface area (Å²) in [5, 5.41) is 30.9. The van der Waals surface area contributed by atoms with Crippen molar-refractivity contribution in [3.63, 3.8) is 0 Å². The largest absolute Gasteiger partial charge is 0.462 e. The summed E-state index contributed by atoms with van der Waals surface area (Å²) in [5.74, 6) is -2.05. The van der Waals surface area contributed by atoms with Crippen molar-refractivity contribution >= 4 is 22.1 Å². The first-order valence-corrected chi connectivity index (χ1v) is 24.8. The first kappa shape index (κ1) is 55.6. The smallest absolute Gasteiger partial charge is 0.306 e. The van der Waals surface area contributed by atoms with Crippen LogP contribution in [0.15, 0.2) is 48.6 Å². The SMILES string of the molecule is CCCC/C=C/CCCCCCCCCCCC(=O)OC[C@H](CO[C@H]1O[C@H](CS(=O)(=O)O)[C@@H](O)C(O)C1O)OC(=O)CCC/C=C/C/C=C/C/C=C/CCCCCCCC. The van der Waals surface area contributed by atoms with Crippen LogP contribution in [0.25, 0.3) is 0 Å². The lowest BCUT2D eigenvalue weighted by Gasteiger charge is -2.40. The number of unbranched alkanes of at least 4 members (excludes halogenated alkanes) is 18. The van der Waals surface area contributed by atoms with Gasteiger partial charge in [-0.1, -0.05) is 152 Å². The molecule has 1 aliphatic rings. The van der Waals surface area contributed by atoms with Crippen LogP contribution in [0, 0.1) is 0 Å². The molecular weight excluding hydrogens is 789 g/mol. The fraction of sp³-hybridized carbons (Fsp3) is 0.787. The Hall–Kier alpha value is -2.39. The van der Waals surface area contributed by atoms with Gasteiger partial charge in [-0.2, -0.15) is 8.42 Å². The summed E-state index contributed by atoms with van der Waals surface area (Å²) in [6, 6.07) is 0. The lowest BCUT2D eigenvalue weighted by molar-refractivity contribution is -0.297. The van der Waals surface area contributed by atoms with E-state index >= 15 is 0 Å². The van der Waals surface area contributed by atoms with Gasteiger partial charge in [-0.05, 0) is 64.2 Å². The molecule has 348 valence electrons. The molecule has 1 saturated heterocycles. The van der Waals surface area contributed by atoms with E-state index in [-0.39, 0.29) is 19.4 Å². The minimum absolute atomic E-state index is 0.0917. The molecule has 1 heterocycles. The molecule has 60 heavy (non-hydrogen) atoms. The molecule has 1 fully saturated rings. The Morgan fingerprint density at radius 2 is 1.03 bits per heavy atom. The molecule has 2 unspecified atom stereocenters. The highest BCUT2D eigenvalue weighted by molar-refractivity contribution is 7.85. The third kappa shape index (κ3) is 31.5. The van der Waals surface area contributed by atoms with E-state index in [2.05, 4.69) is 50.3 Å². The van der Waals surface area contributed by atoms with E-state index < -0.39 is 71.2 Å². The Labute approximate surface area is 363 Å². The third-order valence-electron chi connectivity index (χ3n) is 10.4. The standard InChI is InChI=1S/C47H82O12S/c1-3-5-7-9-11-13-15-17-19-20-22-24-26-28-30-32-34-36-43(49)58-40(38-57-47-46(52)45(51)44(50)41(59-47)39-60(53,54)55)37-56-42(48)35-33-31-29-27-25-23-21-18-16-14-12-10-8-6-4-2/h10,12,17,19,22,24,28,30,40-41,44-47,50-52H,3-9,11,13-16,18,20-21,23,25-27,29,31-39H2,1-2H3,(H,53,54,55)/b12-10+,19-17+,24-22+,30-28+/t40-,41-,44-,45?,46?,47+/m1/s1. The summed E-state index contributed by atoms with van der Waals surface area (Å²) >= 11 is 0. The summed E-state index contributed by atoms with van der Waals surface area (Å²) in [6.45, 7) is 3.68. The van der Waals surface area contributed by atoms with Crippen LogP contribution in [0.3, 0.4) is 0 Å². The van der Waals surface area contributed by atoms with E-state index in [1.165, 1.54) is 89.9 Å². The van der Waals surface area contributed by atoms with E-state index in [0.717, 1.165) is 44.9 Å². The van der Waals surface area contributed by atoms with Crippen molar-refractivity contribution in [2.45, 2.75) is 218 Å². The number of rotatable bonds is 38. The average Bonchev–Trinajstić information content (AvgIpc) is 3.21. The fourth-order valence-electron chi connectivity index (χ4n) is 6.73. The van der Waals surface area contributed by atoms with Crippen molar-refractivity contribution in [2.75, 3.05) is 19.0 Å². The van der Waals surface area contributed by atoms with Crippen molar-refractivity contribution in [1.29, 1.82) is 0 Å². The van der Waals surface area contributed by atoms with E-state index in [1.54, 1.807) is 0 Å². The second-order valence-electron chi connectivity index (χ2n) is 16.1. The van der Waals surface area contributed by atoms with Gasteiger partial charge in [-0.25, -0.2) is 0 Å². The number of hydrogen-bond acceptors (Lipinski definition) is 11. The molecular formula is C47H82O12S. The van der Waals surface area contributed by atoms with Crippen LogP contribution in [-0.4, -0.2) is 96.0 Å². The zero-order valence-electron chi connectivity index (χ0n) is 37.1. The van der Waals surface area contributed by atoms with Crippen molar-refractivity contribution in [1.82, 2.24) is 0 Å². The van der Waals surface area contributed by atoms with E-state index in [9.17, 15) is 37.9 Å². The van der Waals surface area contributed by atoms with Crippen LogP contribution < -0.4 is 0 Å². The van der Waals surface area contributed by atoms with Gasteiger partial charge in [0.05, 0.1) is 6.61 Å². The lowest BCUT2D eigenvalue weighted by atomic mass is 10.00. The summed E-state index contributed by atoms with van der Waals surface area (Å²) in [5.41, 5.74) is 0. The minimum atomic E-state index is -4.61. The summed E-state index contributed by atoms with van der Waals surface area (Å²) < 4.78 is 54.0. The molecule has 6 atom stereocenters. The maximum absolute atomic E-state index is 12.8. The highest BCUT2D eigenvalue weighted by Gasteiger charge is 2.46. The monoisotopic (exact) mass is 871 g/mol. The maximum atomic E-state index is 12.8. The Bertz CT molecular complexity index is 1300. The maximum Gasteiger partial charge on any atom is 0.306 e. The summed E-state index contributed by atoms with van der Waals surface area (Å²) in [7, 11) is -4.61. The van der Waals surface area contributed by atoms with Crippen LogP contribution in [-0.2, 0) is 38.7 Å². The molecule has 0 aromatic carbocycles. The molecule has 0 spiro atoms. The first-order chi connectivity index (χ1) is 29.0. The molecule has 0 aromatic heterocycles. The molecule has 0 aliphatic carbocycles. The van der Waals surface area contributed by atoms with Gasteiger partial charge in [0.1, 0.15) is 36.8 Å². The summed E-state index contributed by atoms with van der Waals surface area (Å²) in [6.07, 6.45) is 34.5. The normalized spacial score (nSPS) is 20.5. The number of ether oxygens (including phenoxy) is 4. The van der Waals surface area contributed by atoms with Crippen LogP contribution >= 0.6 is 0 Å². The Morgan fingerprint density at radius 1 is 0.567 bits per heavy atom. The van der Waals surface area contributed by atoms with Gasteiger partial charge in [-0.3, -0.25) is 14.1 Å². The van der Waals surface area contributed by atoms with Gasteiger partial charge in [0.15, 0.2) is 12.4 Å². The summed E-state index contributed by atoms with van der Waals surface area (Å²) in [4.78, 5) is 25.4. The predicted octanol–water partition coefficient (Wildman–Crippen LogP) is 9.56. The Balaban J connectivity index is 2.48. The number of esters is 2. The molecule has 0 bridgehead atoms. The van der Waals surface area contributed by atoms with Gasteiger partial charge in [0.2, 0.25) is 0 Å². The number of allylic oxidation sites excluding steroid dienone is 8. The Kier molecular flexibility index (Phi) is 34.5. The second kappa shape index (κ2) is 37.2. The van der Waals surface area contributed by atoms with Crippen molar-refractivity contribution in [3.05, 3.63) is 48.6 Å². The minimum Gasteiger partial charge on any atom is -0.462 e. The first-order valence-electron chi connectivity index (χ1n) is 23.2. The molecule has 13 heteroatoms. The number of carbonyl (C=O) groups is 2. The fourth-order valence-corrected chi connectivity index (χ4v) is 7.42. The Morgan fingerprint density at radius 3 is 1.60 bits per heavy atom. The molecule has 0 radical (unpaired) electrons. The lowest BCUT2D eigenvalue weighted by Crippen LogP contribution is -2.60. The molecule has 4 N–H and O–H groups in total. The topological polar surface area (TPSA) is 186 Å². The van der Waals surface area contributed by atoms with Gasteiger partial charge < -0.3 is 34.3 Å². The molecule has 0 saturated carbocycles. The van der Waals surface area contributed by atoms with Crippen molar-refractivity contribution in [3.8, 4) is 0 Å². The molecule has 1 rings (SSSR count). The molecule has 12 nitrogen and oxygen atoms in total. The van der Waals surface area contributed by atoms with E-state index in [0.29, 0.717) is 19.3 Å². The van der Waals surface area contributed by atoms with Gasteiger partial charge in [0, 0.05) is 12.8 Å². The van der Waals surface area contributed by atoms with Gasteiger partial charge >= 0.3 is 11.9 Å². The van der Waals surface area contributed by atoms with Crippen LogP contribution in [0.2, 0.25) is 0 Å². The van der Waals surface area contributed by atoms with Crippen LogP contribution in [0.1, 0.15) is 181 Å². The van der Waals surface area contributed by atoms with Crippen LogP contribution in [0.4, 0.5) is 0 Å². The van der Waals surface area contributed by atoms with Gasteiger partial charge in [0.25, 0.3) is 10.1 Å². The van der Waals surface area contributed by atoms with Crippen LogP contribution in [0.5, 0.6) is 0 Å².